The molecule has 0 aliphatic carbocycles. The number of halogens is 3. The van der Waals surface area contributed by atoms with E-state index >= 15 is 0 Å². The topological polar surface area (TPSA) is 55.7 Å². The van der Waals surface area contributed by atoms with Gasteiger partial charge in [-0.1, -0.05) is 53.0 Å². The van der Waals surface area contributed by atoms with Crippen LogP contribution >= 0.6 is 34.8 Å². The second-order valence-electron chi connectivity index (χ2n) is 3.85. The van der Waals surface area contributed by atoms with E-state index in [-0.39, 0.29) is 21.5 Å². The van der Waals surface area contributed by atoms with Crippen molar-refractivity contribution in [2.75, 3.05) is 0 Å². The molecule has 19 heavy (non-hydrogen) atoms. The summed E-state index contributed by atoms with van der Waals surface area (Å²) in [6, 6.07) is 6.98. The van der Waals surface area contributed by atoms with Gasteiger partial charge in [0.25, 0.3) is 0 Å². The molecule has 0 saturated heterocycles. The van der Waals surface area contributed by atoms with Crippen molar-refractivity contribution in [1.82, 2.24) is 0 Å². The lowest BCUT2D eigenvalue weighted by atomic mass is 10.1. The quantitative estimate of drug-likeness (QED) is 0.365. The average Bonchev–Trinajstić information content (AvgIpc) is 3.11. The Balaban J connectivity index is 2.30. The monoisotopic (exact) mass is 315 g/mol. The summed E-state index contributed by atoms with van der Waals surface area (Å²) in [6.45, 7) is 0. The lowest BCUT2D eigenvalue weighted by Gasteiger charge is -2.05. The molecule has 0 aromatic heterocycles. The van der Waals surface area contributed by atoms with E-state index in [1.807, 2.05) is 0 Å². The first-order valence-electron chi connectivity index (χ1n) is 5.14. The van der Waals surface area contributed by atoms with Gasteiger partial charge in [0.1, 0.15) is 5.02 Å². The SMILES string of the molecule is O=[N+]([O-])c1c(Cl)c(Cl)c(-c2ccccc2Cl)c2c1O2. The van der Waals surface area contributed by atoms with Crippen molar-refractivity contribution in [3.05, 3.63) is 49.4 Å². The molecule has 96 valence electrons. The van der Waals surface area contributed by atoms with Crippen LogP contribution in [0.5, 0.6) is 11.5 Å². The van der Waals surface area contributed by atoms with Crippen LogP contribution in [0.4, 0.5) is 5.69 Å². The molecule has 0 unspecified atom stereocenters. The van der Waals surface area contributed by atoms with Crippen molar-refractivity contribution in [3.8, 4) is 22.6 Å². The zero-order valence-electron chi connectivity index (χ0n) is 9.12. The van der Waals surface area contributed by atoms with E-state index in [0.29, 0.717) is 21.9 Å². The fourth-order valence-electron chi connectivity index (χ4n) is 1.88. The maximum absolute atomic E-state index is 10.9. The Morgan fingerprint density at radius 1 is 1.05 bits per heavy atom. The van der Waals surface area contributed by atoms with Crippen LogP contribution in [0.15, 0.2) is 24.3 Å². The number of ether oxygens (including phenoxy) is 1. The largest absolute Gasteiger partial charge is 0.441 e. The van der Waals surface area contributed by atoms with Crippen LogP contribution in [0.3, 0.4) is 0 Å². The molecule has 0 radical (unpaired) electrons. The molecule has 0 N–H and O–H groups in total. The lowest BCUT2D eigenvalue weighted by molar-refractivity contribution is -0.384. The van der Waals surface area contributed by atoms with Gasteiger partial charge in [0.15, 0.2) is 5.75 Å². The molecule has 0 amide bonds. The highest BCUT2D eigenvalue weighted by atomic mass is 35.5. The highest BCUT2D eigenvalue weighted by Gasteiger charge is 2.41. The van der Waals surface area contributed by atoms with Gasteiger partial charge in [-0.05, 0) is 6.07 Å². The number of hydrogen-bond donors (Lipinski definition) is 0. The summed E-state index contributed by atoms with van der Waals surface area (Å²) in [5.41, 5.74) is 0.801. The number of nitro groups is 1. The van der Waals surface area contributed by atoms with E-state index in [4.69, 9.17) is 39.5 Å². The zero-order chi connectivity index (χ0) is 13.7. The number of nitrogens with zero attached hydrogens (tertiary/aromatic N) is 1. The molecule has 1 heterocycles. The van der Waals surface area contributed by atoms with Crippen LogP contribution < -0.4 is 4.74 Å². The van der Waals surface area contributed by atoms with Crippen molar-refractivity contribution in [3.63, 3.8) is 0 Å². The smallest absolute Gasteiger partial charge is 0.335 e. The van der Waals surface area contributed by atoms with Crippen LogP contribution in [0.2, 0.25) is 15.1 Å². The van der Waals surface area contributed by atoms with Gasteiger partial charge < -0.3 is 4.74 Å². The van der Waals surface area contributed by atoms with Crippen molar-refractivity contribution in [2.24, 2.45) is 0 Å². The number of benzene rings is 2. The minimum absolute atomic E-state index is 0.0673. The van der Waals surface area contributed by atoms with Crippen molar-refractivity contribution in [1.29, 1.82) is 0 Å². The molecule has 1 aliphatic heterocycles. The Morgan fingerprint density at radius 3 is 2.37 bits per heavy atom. The summed E-state index contributed by atoms with van der Waals surface area (Å²) in [5, 5.41) is 11.3. The van der Waals surface area contributed by atoms with Gasteiger partial charge in [0, 0.05) is 10.6 Å². The van der Waals surface area contributed by atoms with Crippen LogP contribution in [0, 0.1) is 10.1 Å². The molecule has 0 spiro atoms. The molecule has 0 bridgehead atoms. The van der Waals surface area contributed by atoms with E-state index in [2.05, 4.69) is 0 Å². The molecule has 0 fully saturated rings. The van der Waals surface area contributed by atoms with Gasteiger partial charge in [-0.15, -0.1) is 0 Å². The first-order chi connectivity index (χ1) is 9.02. The highest BCUT2D eigenvalue weighted by Crippen LogP contribution is 2.63. The van der Waals surface area contributed by atoms with Gasteiger partial charge in [-0.2, -0.15) is 0 Å². The Morgan fingerprint density at radius 2 is 1.74 bits per heavy atom. The summed E-state index contributed by atoms with van der Waals surface area (Å²) in [5.74, 6) is 0.503. The number of fused-ring (bicyclic) bond motifs is 1. The Labute approximate surface area is 122 Å². The molecule has 1 aliphatic rings. The van der Waals surface area contributed by atoms with E-state index in [1.165, 1.54) is 0 Å². The first-order valence-corrected chi connectivity index (χ1v) is 6.28. The zero-order valence-corrected chi connectivity index (χ0v) is 11.4. The van der Waals surface area contributed by atoms with Gasteiger partial charge >= 0.3 is 5.69 Å². The van der Waals surface area contributed by atoms with Gasteiger partial charge in [-0.25, -0.2) is 0 Å². The Bertz CT molecular complexity index is 731. The fourth-order valence-corrected chi connectivity index (χ4v) is 2.63. The van der Waals surface area contributed by atoms with Crippen molar-refractivity contribution in [2.45, 2.75) is 0 Å². The summed E-state index contributed by atoms with van der Waals surface area (Å²) in [6.07, 6.45) is 0. The summed E-state index contributed by atoms with van der Waals surface area (Å²) in [4.78, 5) is 10.3. The van der Waals surface area contributed by atoms with E-state index in [1.54, 1.807) is 24.3 Å². The van der Waals surface area contributed by atoms with E-state index in [9.17, 15) is 10.1 Å². The second-order valence-corrected chi connectivity index (χ2v) is 5.01. The average molecular weight is 317 g/mol. The maximum Gasteiger partial charge on any atom is 0.335 e. The molecule has 0 atom stereocenters. The fraction of sp³-hybridized carbons (Fsp3) is 0. The minimum Gasteiger partial charge on any atom is -0.441 e. The Kier molecular flexibility index (Phi) is 2.82. The van der Waals surface area contributed by atoms with Crippen LogP contribution in [0.25, 0.3) is 11.1 Å². The number of hydrogen-bond acceptors (Lipinski definition) is 3. The summed E-state index contributed by atoms with van der Waals surface area (Å²) < 4.78 is 5.16. The molecule has 0 saturated carbocycles. The lowest BCUT2D eigenvalue weighted by Crippen LogP contribution is -1.88. The molecule has 2 aromatic rings. The predicted octanol–water partition coefficient (Wildman–Crippen LogP) is 5.33. The molecule has 2 aromatic carbocycles. The second kappa shape index (κ2) is 4.27. The summed E-state index contributed by atoms with van der Waals surface area (Å²) >= 11 is 18.1. The van der Waals surface area contributed by atoms with Gasteiger partial charge in [0.05, 0.1) is 15.5 Å². The van der Waals surface area contributed by atoms with Crippen LogP contribution in [-0.4, -0.2) is 4.92 Å². The molecule has 3 rings (SSSR count). The number of nitro benzene ring substituents is 1. The molecule has 4 nitrogen and oxygen atoms in total. The third-order valence-electron chi connectivity index (χ3n) is 2.76. The van der Waals surface area contributed by atoms with E-state index < -0.39 is 4.92 Å². The maximum atomic E-state index is 10.9. The highest BCUT2D eigenvalue weighted by molar-refractivity contribution is 6.46. The van der Waals surface area contributed by atoms with Crippen LogP contribution in [0.1, 0.15) is 0 Å². The standard InChI is InChI=1S/C12H4Cl3NO3/c13-6-4-2-1-3-5(6)7-8(14)9(15)10(16(17)18)12-11(7)19-12/h1-4H. The van der Waals surface area contributed by atoms with Crippen molar-refractivity contribution < 1.29 is 9.66 Å². The van der Waals surface area contributed by atoms with Gasteiger partial charge in [0.2, 0.25) is 5.75 Å². The molecular weight excluding hydrogens is 312 g/mol. The number of rotatable bonds is 2. The molecule has 7 heteroatoms. The third kappa shape index (κ3) is 1.84. The Hall–Kier alpha value is -1.49. The van der Waals surface area contributed by atoms with Crippen LogP contribution in [-0.2, 0) is 0 Å². The van der Waals surface area contributed by atoms with Crippen molar-refractivity contribution >= 4 is 40.5 Å². The predicted molar refractivity (Wildman–Crippen MR) is 73.6 cm³/mol. The third-order valence-corrected chi connectivity index (χ3v) is 3.93. The minimum atomic E-state index is -0.615. The summed E-state index contributed by atoms with van der Waals surface area (Å²) in [7, 11) is 0. The molecular formula is C12H4Cl3NO3. The van der Waals surface area contributed by atoms with Gasteiger partial charge in [-0.3, -0.25) is 10.1 Å². The normalized spacial score (nSPS) is 11.7. The first kappa shape index (κ1) is 12.5. The van der Waals surface area contributed by atoms with E-state index in [0.717, 1.165) is 0 Å².